The predicted molar refractivity (Wildman–Crippen MR) is 123 cm³/mol. The number of hydrogen-bond acceptors (Lipinski definition) is 7. The van der Waals surface area contributed by atoms with Crippen LogP contribution in [0.1, 0.15) is 11.1 Å². The topological polar surface area (TPSA) is 101 Å². The van der Waals surface area contributed by atoms with Gasteiger partial charge in [-0.2, -0.15) is 5.10 Å². The van der Waals surface area contributed by atoms with E-state index in [9.17, 15) is 4.79 Å². The van der Waals surface area contributed by atoms with Gasteiger partial charge in [0.25, 0.3) is 5.56 Å². The van der Waals surface area contributed by atoms with Crippen LogP contribution in [0.4, 0.5) is 5.95 Å². The van der Waals surface area contributed by atoms with Gasteiger partial charge < -0.3 is 9.47 Å². The summed E-state index contributed by atoms with van der Waals surface area (Å²) in [6, 6.07) is 24.4. The first-order valence-electron chi connectivity index (χ1n) is 9.89. The van der Waals surface area contributed by atoms with Crippen molar-refractivity contribution in [3.05, 3.63) is 100 Å². The van der Waals surface area contributed by atoms with Crippen LogP contribution in [0.15, 0.2) is 88.8 Å². The summed E-state index contributed by atoms with van der Waals surface area (Å²) in [5.41, 5.74) is 5.03. The van der Waals surface area contributed by atoms with Crippen molar-refractivity contribution in [1.29, 1.82) is 0 Å². The molecule has 0 fully saturated rings. The fourth-order valence-corrected chi connectivity index (χ4v) is 2.96. The number of aromatic amines is 1. The number of hydrazone groups is 1. The van der Waals surface area contributed by atoms with Crippen molar-refractivity contribution < 1.29 is 9.47 Å². The summed E-state index contributed by atoms with van der Waals surface area (Å²) in [4.78, 5) is 15.0. The molecule has 0 aliphatic rings. The van der Waals surface area contributed by atoms with Gasteiger partial charge in [-0.3, -0.25) is 9.78 Å². The van der Waals surface area contributed by atoms with E-state index in [0.717, 1.165) is 16.9 Å². The van der Waals surface area contributed by atoms with Gasteiger partial charge in [0.1, 0.15) is 18.1 Å². The molecule has 4 rings (SSSR count). The molecule has 0 bridgehead atoms. The molecule has 0 radical (unpaired) electrons. The Hall–Kier alpha value is -4.46. The van der Waals surface area contributed by atoms with E-state index in [1.807, 2.05) is 54.6 Å². The van der Waals surface area contributed by atoms with Gasteiger partial charge in [0, 0.05) is 11.1 Å². The summed E-state index contributed by atoms with van der Waals surface area (Å²) < 4.78 is 10.9. The van der Waals surface area contributed by atoms with Crippen LogP contribution in [0.3, 0.4) is 0 Å². The molecule has 2 N–H and O–H groups in total. The lowest BCUT2D eigenvalue weighted by Gasteiger charge is -2.08. The monoisotopic (exact) mass is 427 g/mol. The number of benzene rings is 3. The van der Waals surface area contributed by atoms with Crippen molar-refractivity contribution in [2.75, 3.05) is 12.5 Å². The third-order valence-corrected chi connectivity index (χ3v) is 4.63. The van der Waals surface area contributed by atoms with Crippen LogP contribution in [-0.4, -0.2) is 28.5 Å². The number of para-hydroxylation sites is 1. The Kier molecular flexibility index (Phi) is 6.52. The minimum Gasteiger partial charge on any atom is -0.497 e. The SMILES string of the molecule is COc1ccc(-c2nnc(N/N=C/c3ccccc3COc3ccccc3)[nH]c2=O)cc1. The van der Waals surface area contributed by atoms with E-state index in [0.29, 0.717) is 17.9 Å². The Bertz CT molecular complexity index is 1250. The van der Waals surface area contributed by atoms with E-state index in [-0.39, 0.29) is 17.2 Å². The van der Waals surface area contributed by atoms with Gasteiger partial charge in [-0.25, -0.2) is 5.43 Å². The summed E-state index contributed by atoms with van der Waals surface area (Å²) in [5.74, 6) is 1.63. The minimum absolute atomic E-state index is 0.140. The Morgan fingerprint density at radius 2 is 1.69 bits per heavy atom. The Morgan fingerprint density at radius 3 is 2.44 bits per heavy atom. The third kappa shape index (κ3) is 5.17. The summed E-state index contributed by atoms with van der Waals surface area (Å²) in [7, 11) is 1.58. The second-order valence-electron chi connectivity index (χ2n) is 6.75. The average Bonchev–Trinajstić information content (AvgIpc) is 2.84. The van der Waals surface area contributed by atoms with Crippen LogP contribution >= 0.6 is 0 Å². The molecule has 0 amide bonds. The lowest BCUT2D eigenvalue weighted by molar-refractivity contribution is 0.306. The van der Waals surface area contributed by atoms with Gasteiger partial charge in [-0.05, 0) is 42.0 Å². The zero-order valence-electron chi connectivity index (χ0n) is 17.4. The molecule has 0 saturated heterocycles. The van der Waals surface area contributed by atoms with Gasteiger partial charge in [0.2, 0.25) is 5.95 Å². The number of H-pyrrole nitrogens is 1. The molecule has 0 spiro atoms. The number of nitrogens with one attached hydrogen (secondary N) is 2. The quantitative estimate of drug-likeness (QED) is 0.327. The molecule has 0 saturated carbocycles. The van der Waals surface area contributed by atoms with E-state index in [4.69, 9.17) is 9.47 Å². The van der Waals surface area contributed by atoms with Crippen LogP contribution in [-0.2, 0) is 6.61 Å². The molecule has 0 aliphatic carbocycles. The zero-order valence-corrected chi connectivity index (χ0v) is 17.4. The van der Waals surface area contributed by atoms with Crippen molar-refractivity contribution in [2.45, 2.75) is 6.61 Å². The van der Waals surface area contributed by atoms with Crippen LogP contribution in [0.25, 0.3) is 11.3 Å². The van der Waals surface area contributed by atoms with E-state index in [1.165, 1.54) is 0 Å². The smallest absolute Gasteiger partial charge is 0.279 e. The fourth-order valence-electron chi connectivity index (χ4n) is 2.96. The van der Waals surface area contributed by atoms with Crippen LogP contribution < -0.4 is 20.5 Å². The molecule has 0 unspecified atom stereocenters. The molecule has 160 valence electrons. The number of hydrogen-bond donors (Lipinski definition) is 2. The van der Waals surface area contributed by atoms with Crippen LogP contribution in [0.5, 0.6) is 11.5 Å². The van der Waals surface area contributed by atoms with E-state index < -0.39 is 0 Å². The largest absolute Gasteiger partial charge is 0.497 e. The molecular weight excluding hydrogens is 406 g/mol. The van der Waals surface area contributed by atoms with Crippen molar-refractivity contribution in [2.24, 2.45) is 5.10 Å². The van der Waals surface area contributed by atoms with E-state index >= 15 is 0 Å². The van der Waals surface area contributed by atoms with Crippen LogP contribution in [0, 0.1) is 0 Å². The normalized spacial score (nSPS) is 10.8. The Morgan fingerprint density at radius 1 is 0.938 bits per heavy atom. The van der Waals surface area contributed by atoms with Crippen LogP contribution in [0.2, 0.25) is 0 Å². The maximum atomic E-state index is 12.4. The lowest BCUT2D eigenvalue weighted by Crippen LogP contribution is -2.15. The molecule has 4 aromatic rings. The second-order valence-corrected chi connectivity index (χ2v) is 6.75. The first-order valence-corrected chi connectivity index (χ1v) is 9.89. The number of methoxy groups -OCH3 is 1. The molecular formula is C24H21N5O3. The first-order chi connectivity index (χ1) is 15.7. The molecule has 8 heteroatoms. The summed E-state index contributed by atoms with van der Waals surface area (Å²) >= 11 is 0. The van der Waals surface area contributed by atoms with Gasteiger partial charge in [-0.15, -0.1) is 10.2 Å². The molecule has 1 aromatic heterocycles. The Labute approximate surface area is 184 Å². The Balaban J connectivity index is 1.43. The van der Waals surface area contributed by atoms with Crippen molar-refractivity contribution in [3.8, 4) is 22.8 Å². The molecule has 3 aromatic carbocycles. The molecule has 8 nitrogen and oxygen atoms in total. The van der Waals surface area contributed by atoms with Crippen molar-refractivity contribution in [1.82, 2.24) is 15.2 Å². The standard InChI is InChI=1S/C24H21N5O3/c1-31-20-13-11-17(12-14-20)22-23(30)26-24(29-27-22)28-25-15-18-7-5-6-8-19(18)16-32-21-9-3-2-4-10-21/h2-15H,16H2,1H3,(H2,26,28,29,30)/b25-15+. The number of ether oxygens (including phenoxy) is 2. The number of nitrogens with zero attached hydrogens (tertiary/aromatic N) is 3. The fraction of sp³-hybridized carbons (Fsp3) is 0.0833. The summed E-state index contributed by atoms with van der Waals surface area (Å²) in [6.45, 7) is 0.402. The summed E-state index contributed by atoms with van der Waals surface area (Å²) in [5, 5.41) is 12.2. The highest BCUT2D eigenvalue weighted by molar-refractivity contribution is 5.82. The maximum absolute atomic E-state index is 12.4. The highest BCUT2D eigenvalue weighted by Gasteiger charge is 2.08. The molecule has 0 aliphatic heterocycles. The van der Waals surface area contributed by atoms with Gasteiger partial charge in [0.15, 0.2) is 5.69 Å². The average molecular weight is 427 g/mol. The molecule has 32 heavy (non-hydrogen) atoms. The lowest BCUT2D eigenvalue weighted by atomic mass is 10.1. The maximum Gasteiger partial charge on any atom is 0.279 e. The van der Waals surface area contributed by atoms with Crippen molar-refractivity contribution in [3.63, 3.8) is 0 Å². The predicted octanol–water partition coefficient (Wildman–Crippen LogP) is 3.87. The highest BCUT2D eigenvalue weighted by atomic mass is 16.5. The summed E-state index contributed by atoms with van der Waals surface area (Å²) in [6.07, 6.45) is 1.64. The van der Waals surface area contributed by atoms with Crippen molar-refractivity contribution >= 4 is 12.2 Å². The van der Waals surface area contributed by atoms with Gasteiger partial charge >= 0.3 is 0 Å². The molecule has 1 heterocycles. The first kappa shape index (κ1) is 20.8. The van der Waals surface area contributed by atoms with Gasteiger partial charge in [-0.1, -0.05) is 42.5 Å². The number of anilines is 1. The molecule has 0 atom stereocenters. The second kappa shape index (κ2) is 10.0. The van der Waals surface area contributed by atoms with E-state index in [1.54, 1.807) is 37.6 Å². The van der Waals surface area contributed by atoms with Gasteiger partial charge in [0.05, 0.1) is 13.3 Å². The number of rotatable bonds is 8. The third-order valence-electron chi connectivity index (χ3n) is 4.63. The number of aromatic nitrogens is 3. The zero-order chi connectivity index (χ0) is 22.2. The highest BCUT2D eigenvalue weighted by Crippen LogP contribution is 2.18. The minimum atomic E-state index is -0.375. The van der Waals surface area contributed by atoms with E-state index in [2.05, 4.69) is 25.7 Å².